The lowest BCUT2D eigenvalue weighted by Crippen LogP contribution is -3.14. The first-order chi connectivity index (χ1) is 13.6. The number of aryl methyl sites for hydroxylation is 1. The van der Waals surface area contributed by atoms with Crippen molar-refractivity contribution >= 4 is 11.2 Å². The molecule has 2 aromatic rings. The summed E-state index contributed by atoms with van der Waals surface area (Å²) in [5, 5.41) is 0. The number of quaternary nitrogens is 2. The summed E-state index contributed by atoms with van der Waals surface area (Å²) in [6, 6.07) is 0. The summed E-state index contributed by atoms with van der Waals surface area (Å²) in [5.41, 5.74) is 0.393. The van der Waals surface area contributed by atoms with Crippen molar-refractivity contribution in [3.05, 3.63) is 26.7 Å². The Morgan fingerprint density at radius 1 is 0.929 bits per heavy atom. The predicted octanol–water partition coefficient (Wildman–Crippen LogP) is -4.24. The third kappa shape index (κ3) is 3.64. The smallest absolute Gasteiger partial charge is 0.332 e. The molecule has 10 nitrogen and oxygen atoms in total. The molecule has 0 bridgehead atoms. The molecule has 2 N–H and O–H groups in total. The fourth-order valence-corrected chi connectivity index (χ4v) is 4.11. The average molecular weight is 394 g/mol. The number of aromatic nitrogens is 4. The van der Waals surface area contributed by atoms with Gasteiger partial charge in [0, 0.05) is 14.1 Å². The van der Waals surface area contributed by atoms with Crippen molar-refractivity contribution in [3.8, 4) is 0 Å². The lowest BCUT2D eigenvalue weighted by atomic mass is 10.3. The Balaban J connectivity index is 1.72. The SMILES string of the molecule is Cn1c(=O)c2c(nc(C[NH+]3CCOCC3)n2CC[NH+]2CCOCC2)n(C)c1=O. The van der Waals surface area contributed by atoms with Crippen molar-refractivity contribution in [2.24, 2.45) is 14.1 Å². The molecular formula is C18H30N6O4+2. The van der Waals surface area contributed by atoms with Gasteiger partial charge in [0.05, 0.1) is 39.5 Å². The fourth-order valence-electron chi connectivity index (χ4n) is 4.11. The normalized spacial score (nSPS) is 19.5. The molecule has 4 rings (SSSR count). The molecule has 2 fully saturated rings. The van der Waals surface area contributed by atoms with Gasteiger partial charge in [-0.05, 0) is 0 Å². The van der Waals surface area contributed by atoms with Crippen LogP contribution < -0.4 is 21.0 Å². The summed E-state index contributed by atoms with van der Waals surface area (Å²) >= 11 is 0. The number of ether oxygens (including phenoxy) is 2. The second kappa shape index (κ2) is 8.16. The molecule has 0 spiro atoms. The van der Waals surface area contributed by atoms with Crippen molar-refractivity contribution in [2.45, 2.75) is 13.1 Å². The second-order valence-electron chi connectivity index (χ2n) is 7.71. The number of imidazole rings is 1. The van der Waals surface area contributed by atoms with Crippen molar-refractivity contribution in [3.63, 3.8) is 0 Å². The molecule has 0 aromatic carbocycles. The number of hydrogen-bond donors (Lipinski definition) is 2. The van der Waals surface area contributed by atoms with Crippen LogP contribution >= 0.6 is 0 Å². The summed E-state index contributed by atoms with van der Waals surface area (Å²) in [5.74, 6) is 0.873. The summed E-state index contributed by atoms with van der Waals surface area (Å²) in [4.78, 5) is 32.9. The van der Waals surface area contributed by atoms with Gasteiger partial charge in [0.25, 0.3) is 5.56 Å². The van der Waals surface area contributed by atoms with E-state index in [1.165, 1.54) is 26.0 Å². The average Bonchev–Trinajstić information content (AvgIpc) is 3.09. The Hall–Kier alpha value is -2.01. The molecule has 0 atom stereocenters. The number of nitrogens with one attached hydrogen (secondary N) is 2. The van der Waals surface area contributed by atoms with Gasteiger partial charge in [-0.25, -0.2) is 9.78 Å². The van der Waals surface area contributed by atoms with Crippen LogP contribution in [0.1, 0.15) is 5.82 Å². The van der Waals surface area contributed by atoms with Gasteiger partial charge in [-0.15, -0.1) is 0 Å². The molecule has 2 saturated heterocycles. The van der Waals surface area contributed by atoms with E-state index in [1.807, 2.05) is 4.57 Å². The molecule has 10 heteroatoms. The quantitative estimate of drug-likeness (QED) is 0.537. The summed E-state index contributed by atoms with van der Waals surface area (Å²) in [7, 11) is 3.21. The lowest BCUT2D eigenvalue weighted by Gasteiger charge is -2.25. The van der Waals surface area contributed by atoms with Crippen LogP contribution in [-0.2, 0) is 36.7 Å². The van der Waals surface area contributed by atoms with E-state index in [2.05, 4.69) is 0 Å². The molecule has 4 heterocycles. The number of nitrogens with zero attached hydrogens (tertiary/aromatic N) is 4. The third-order valence-electron chi connectivity index (χ3n) is 5.92. The van der Waals surface area contributed by atoms with Crippen molar-refractivity contribution < 1.29 is 19.3 Å². The van der Waals surface area contributed by atoms with Crippen LogP contribution in [0.15, 0.2) is 9.59 Å². The molecule has 0 radical (unpaired) electrons. The molecule has 2 aliphatic rings. The first kappa shape index (κ1) is 19.3. The molecule has 28 heavy (non-hydrogen) atoms. The maximum absolute atomic E-state index is 12.9. The van der Waals surface area contributed by atoms with E-state index >= 15 is 0 Å². The Morgan fingerprint density at radius 2 is 1.54 bits per heavy atom. The highest BCUT2D eigenvalue weighted by Gasteiger charge is 2.24. The number of rotatable bonds is 5. The van der Waals surface area contributed by atoms with Gasteiger partial charge in [-0.1, -0.05) is 0 Å². The van der Waals surface area contributed by atoms with Gasteiger partial charge in [-0.2, -0.15) is 0 Å². The number of fused-ring (bicyclic) bond motifs is 1. The van der Waals surface area contributed by atoms with Crippen molar-refractivity contribution in [1.82, 2.24) is 18.7 Å². The largest absolute Gasteiger partial charge is 0.370 e. The topological polar surface area (TPSA) is 89.2 Å². The minimum atomic E-state index is -0.341. The fraction of sp³-hybridized carbons (Fsp3) is 0.722. The lowest BCUT2D eigenvalue weighted by molar-refractivity contribution is -0.922. The predicted molar refractivity (Wildman–Crippen MR) is 102 cm³/mol. The van der Waals surface area contributed by atoms with Gasteiger partial charge in [0.1, 0.15) is 32.7 Å². The third-order valence-corrected chi connectivity index (χ3v) is 5.92. The van der Waals surface area contributed by atoms with Gasteiger partial charge >= 0.3 is 5.69 Å². The van der Waals surface area contributed by atoms with Crippen LogP contribution in [0, 0.1) is 0 Å². The van der Waals surface area contributed by atoms with E-state index in [1.54, 1.807) is 7.05 Å². The standard InChI is InChI=1S/C18H28N6O4/c1-20-16-15(17(25)21(2)18(20)26)24(4-3-22-5-9-27-10-6-22)14(19-16)13-23-7-11-28-12-8-23/h3-13H2,1-2H3/p+2. The number of morpholine rings is 2. The van der Waals surface area contributed by atoms with E-state index in [0.717, 1.165) is 71.5 Å². The van der Waals surface area contributed by atoms with Gasteiger partial charge in [0.15, 0.2) is 17.0 Å². The Bertz CT molecular complexity index is 950. The van der Waals surface area contributed by atoms with E-state index in [-0.39, 0.29) is 11.2 Å². The summed E-state index contributed by atoms with van der Waals surface area (Å²) in [6.45, 7) is 9.20. The van der Waals surface area contributed by atoms with Crippen LogP contribution in [0.2, 0.25) is 0 Å². The molecule has 0 amide bonds. The van der Waals surface area contributed by atoms with E-state index in [4.69, 9.17) is 14.5 Å². The van der Waals surface area contributed by atoms with E-state index < -0.39 is 0 Å². The highest BCUT2D eigenvalue weighted by molar-refractivity contribution is 5.71. The van der Waals surface area contributed by atoms with Crippen LogP contribution in [-0.4, -0.2) is 77.8 Å². The first-order valence-electron chi connectivity index (χ1n) is 10.0. The summed E-state index contributed by atoms with van der Waals surface area (Å²) in [6.07, 6.45) is 0. The zero-order valence-corrected chi connectivity index (χ0v) is 16.7. The zero-order chi connectivity index (χ0) is 19.7. The highest BCUT2D eigenvalue weighted by Crippen LogP contribution is 2.10. The molecule has 0 aliphatic carbocycles. The molecule has 2 aliphatic heterocycles. The minimum Gasteiger partial charge on any atom is -0.370 e. The van der Waals surface area contributed by atoms with E-state index in [9.17, 15) is 9.59 Å². The Labute approximate surface area is 162 Å². The monoisotopic (exact) mass is 394 g/mol. The minimum absolute atomic E-state index is 0.272. The highest BCUT2D eigenvalue weighted by atomic mass is 16.5. The van der Waals surface area contributed by atoms with Crippen LogP contribution in [0.25, 0.3) is 11.2 Å². The zero-order valence-electron chi connectivity index (χ0n) is 16.7. The Kier molecular flexibility index (Phi) is 5.63. The molecule has 0 unspecified atom stereocenters. The molecular weight excluding hydrogens is 364 g/mol. The maximum Gasteiger partial charge on any atom is 0.332 e. The van der Waals surface area contributed by atoms with Gasteiger partial charge in [-0.3, -0.25) is 13.9 Å². The van der Waals surface area contributed by atoms with Crippen LogP contribution in [0.4, 0.5) is 0 Å². The number of hydrogen-bond acceptors (Lipinski definition) is 5. The Morgan fingerprint density at radius 3 is 2.18 bits per heavy atom. The van der Waals surface area contributed by atoms with Gasteiger partial charge < -0.3 is 23.8 Å². The maximum atomic E-state index is 12.9. The summed E-state index contributed by atoms with van der Waals surface area (Å²) < 4.78 is 15.6. The second-order valence-corrected chi connectivity index (χ2v) is 7.71. The van der Waals surface area contributed by atoms with Crippen molar-refractivity contribution in [2.75, 3.05) is 59.2 Å². The van der Waals surface area contributed by atoms with Crippen LogP contribution in [0.5, 0.6) is 0 Å². The molecule has 2 aromatic heterocycles. The van der Waals surface area contributed by atoms with E-state index in [0.29, 0.717) is 17.7 Å². The molecule has 154 valence electrons. The molecule has 0 saturated carbocycles. The first-order valence-corrected chi connectivity index (χ1v) is 10.0. The van der Waals surface area contributed by atoms with Crippen LogP contribution in [0.3, 0.4) is 0 Å². The van der Waals surface area contributed by atoms with Gasteiger partial charge in [0.2, 0.25) is 0 Å². The van der Waals surface area contributed by atoms with Crippen molar-refractivity contribution in [1.29, 1.82) is 0 Å².